The second kappa shape index (κ2) is 7.43. The molecule has 2 rings (SSSR count). The molecule has 0 aliphatic carbocycles. The predicted molar refractivity (Wildman–Crippen MR) is 77.5 cm³/mol. The molecule has 0 saturated heterocycles. The van der Waals surface area contributed by atoms with Crippen LogP contribution in [0.15, 0.2) is 48.5 Å². The summed E-state index contributed by atoms with van der Waals surface area (Å²) < 4.78 is 23.2. The van der Waals surface area contributed by atoms with Crippen LogP contribution in [-0.2, 0) is 22.6 Å². The van der Waals surface area contributed by atoms with E-state index in [-0.39, 0.29) is 24.8 Å². The average molecular weight is 288 g/mol. The van der Waals surface area contributed by atoms with Gasteiger partial charge in [0.1, 0.15) is 18.2 Å². The number of esters is 1. The first kappa shape index (κ1) is 15.0. The minimum atomic E-state index is -0.296. The van der Waals surface area contributed by atoms with Crippen LogP contribution in [0.1, 0.15) is 17.5 Å². The van der Waals surface area contributed by atoms with Gasteiger partial charge in [-0.05, 0) is 41.8 Å². The van der Waals surface area contributed by atoms with Crippen LogP contribution < -0.4 is 4.74 Å². The monoisotopic (exact) mass is 288 g/mol. The molecule has 0 bridgehead atoms. The van der Waals surface area contributed by atoms with Crippen molar-refractivity contribution in [3.05, 3.63) is 65.5 Å². The Morgan fingerprint density at radius 1 is 1.10 bits per heavy atom. The summed E-state index contributed by atoms with van der Waals surface area (Å²) in [6.07, 6.45) is 0.707. The van der Waals surface area contributed by atoms with E-state index in [4.69, 9.17) is 9.47 Å². The quantitative estimate of drug-likeness (QED) is 0.763. The molecule has 2 aromatic rings. The zero-order valence-corrected chi connectivity index (χ0v) is 11.8. The Hall–Kier alpha value is -2.36. The normalized spacial score (nSPS) is 10.2. The highest BCUT2D eigenvalue weighted by molar-refractivity contribution is 5.69. The van der Waals surface area contributed by atoms with E-state index in [9.17, 15) is 9.18 Å². The van der Waals surface area contributed by atoms with E-state index in [2.05, 4.69) is 0 Å². The third-order valence-electron chi connectivity index (χ3n) is 3.07. The van der Waals surface area contributed by atoms with Crippen LogP contribution >= 0.6 is 0 Å². The summed E-state index contributed by atoms with van der Waals surface area (Å²) in [6.45, 7) is 0.228. The van der Waals surface area contributed by atoms with Crippen LogP contribution in [0.4, 0.5) is 4.39 Å². The van der Waals surface area contributed by atoms with Crippen molar-refractivity contribution in [1.82, 2.24) is 0 Å². The molecule has 21 heavy (non-hydrogen) atoms. The molecule has 0 fully saturated rings. The summed E-state index contributed by atoms with van der Waals surface area (Å²) in [6, 6.07) is 13.6. The van der Waals surface area contributed by atoms with Gasteiger partial charge in [-0.3, -0.25) is 4.79 Å². The SMILES string of the molecule is COc1ccc(COC(=O)CCc2cccc(F)c2)cc1. The maximum atomic E-state index is 13.0. The van der Waals surface area contributed by atoms with Crippen LogP contribution in [0.2, 0.25) is 0 Å². The first-order valence-corrected chi connectivity index (χ1v) is 6.70. The molecule has 0 N–H and O–H groups in total. The van der Waals surface area contributed by atoms with E-state index in [1.54, 1.807) is 19.2 Å². The van der Waals surface area contributed by atoms with Gasteiger partial charge in [0, 0.05) is 6.42 Å². The molecule has 0 aliphatic heterocycles. The highest BCUT2D eigenvalue weighted by atomic mass is 19.1. The molecule has 0 radical (unpaired) electrons. The second-order valence-corrected chi connectivity index (χ2v) is 4.64. The molecule has 0 unspecified atom stereocenters. The summed E-state index contributed by atoms with van der Waals surface area (Å²) in [5.74, 6) is 0.172. The lowest BCUT2D eigenvalue weighted by Gasteiger charge is -2.06. The number of aryl methyl sites for hydroxylation is 1. The van der Waals surface area contributed by atoms with E-state index in [1.165, 1.54) is 12.1 Å². The van der Waals surface area contributed by atoms with Crippen molar-refractivity contribution in [2.45, 2.75) is 19.4 Å². The van der Waals surface area contributed by atoms with Gasteiger partial charge >= 0.3 is 5.97 Å². The van der Waals surface area contributed by atoms with Crippen molar-refractivity contribution in [2.75, 3.05) is 7.11 Å². The highest BCUT2D eigenvalue weighted by Gasteiger charge is 2.05. The summed E-state index contributed by atoms with van der Waals surface area (Å²) in [5, 5.41) is 0. The summed E-state index contributed by atoms with van der Waals surface area (Å²) in [5.41, 5.74) is 1.69. The standard InChI is InChI=1S/C17H17FO3/c1-20-16-8-5-14(6-9-16)12-21-17(19)10-7-13-3-2-4-15(18)11-13/h2-6,8-9,11H,7,10,12H2,1H3. The van der Waals surface area contributed by atoms with Crippen LogP contribution in [-0.4, -0.2) is 13.1 Å². The zero-order valence-electron chi connectivity index (χ0n) is 11.8. The molecule has 3 nitrogen and oxygen atoms in total. The summed E-state index contributed by atoms with van der Waals surface area (Å²) in [7, 11) is 1.60. The Morgan fingerprint density at radius 2 is 1.86 bits per heavy atom. The van der Waals surface area contributed by atoms with Crippen LogP contribution in [0.3, 0.4) is 0 Å². The van der Waals surface area contributed by atoms with E-state index in [0.29, 0.717) is 6.42 Å². The number of ether oxygens (including phenoxy) is 2. The van der Waals surface area contributed by atoms with Gasteiger partial charge in [-0.25, -0.2) is 4.39 Å². The van der Waals surface area contributed by atoms with Crippen molar-refractivity contribution < 1.29 is 18.7 Å². The van der Waals surface area contributed by atoms with Gasteiger partial charge in [0.05, 0.1) is 7.11 Å². The number of hydrogen-bond acceptors (Lipinski definition) is 3. The molecule has 0 amide bonds. The van der Waals surface area contributed by atoms with Crippen LogP contribution in [0, 0.1) is 5.82 Å². The van der Waals surface area contributed by atoms with Crippen molar-refractivity contribution >= 4 is 5.97 Å². The van der Waals surface area contributed by atoms with Gasteiger partial charge in [0.2, 0.25) is 0 Å². The number of carbonyl (C=O) groups excluding carboxylic acids is 1. The topological polar surface area (TPSA) is 35.5 Å². The van der Waals surface area contributed by atoms with E-state index < -0.39 is 0 Å². The van der Waals surface area contributed by atoms with Gasteiger partial charge in [0.15, 0.2) is 0 Å². The summed E-state index contributed by atoms with van der Waals surface area (Å²) >= 11 is 0. The summed E-state index contributed by atoms with van der Waals surface area (Å²) in [4.78, 5) is 11.7. The molecule has 0 aromatic heterocycles. The number of carbonyl (C=O) groups is 1. The largest absolute Gasteiger partial charge is 0.497 e. The number of benzene rings is 2. The molecule has 4 heteroatoms. The average Bonchev–Trinajstić information content (AvgIpc) is 2.51. The Balaban J connectivity index is 1.76. The van der Waals surface area contributed by atoms with Crippen LogP contribution in [0.5, 0.6) is 5.75 Å². The maximum absolute atomic E-state index is 13.0. The van der Waals surface area contributed by atoms with E-state index in [1.807, 2.05) is 24.3 Å². The molecule has 0 saturated carbocycles. The van der Waals surface area contributed by atoms with E-state index >= 15 is 0 Å². The first-order valence-electron chi connectivity index (χ1n) is 6.70. The fourth-order valence-corrected chi connectivity index (χ4v) is 1.90. The van der Waals surface area contributed by atoms with Crippen LogP contribution in [0.25, 0.3) is 0 Å². The molecule has 2 aromatic carbocycles. The molecule has 0 heterocycles. The van der Waals surface area contributed by atoms with Gasteiger partial charge in [0.25, 0.3) is 0 Å². The second-order valence-electron chi connectivity index (χ2n) is 4.64. The van der Waals surface area contributed by atoms with Crippen molar-refractivity contribution in [3.63, 3.8) is 0 Å². The third-order valence-corrected chi connectivity index (χ3v) is 3.07. The Labute approximate surface area is 123 Å². The van der Waals surface area contributed by atoms with Gasteiger partial charge in [-0.1, -0.05) is 24.3 Å². The predicted octanol–water partition coefficient (Wildman–Crippen LogP) is 3.51. The number of methoxy groups -OCH3 is 1. The fourth-order valence-electron chi connectivity index (χ4n) is 1.90. The molecular formula is C17H17FO3. The third kappa shape index (κ3) is 4.91. The van der Waals surface area contributed by atoms with Crippen molar-refractivity contribution in [1.29, 1.82) is 0 Å². The van der Waals surface area contributed by atoms with Crippen molar-refractivity contribution in [3.8, 4) is 5.75 Å². The van der Waals surface area contributed by atoms with E-state index in [0.717, 1.165) is 16.9 Å². The number of halogens is 1. The van der Waals surface area contributed by atoms with Crippen molar-refractivity contribution in [2.24, 2.45) is 0 Å². The molecule has 0 atom stereocenters. The molecule has 0 aliphatic rings. The zero-order chi connectivity index (χ0) is 15.1. The fraction of sp³-hybridized carbons (Fsp3) is 0.235. The number of rotatable bonds is 6. The minimum absolute atomic E-state index is 0.228. The lowest BCUT2D eigenvalue weighted by Crippen LogP contribution is -2.06. The molecule has 110 valence electrons. The van der Waals surface area contributed by atoms with Gasteiger partial charge < -0.3 is 9.47 Å². The number of hydrogen-bond donors (Lipinski definition) is 0. The molecular weight excluding hydrogens is 271 g/mol. The lowest BCUT2D eigenvalue weighted by atomic mass is 10.1. The van der Waals surface area contributed by atoms with Gasteiger partial charge in [-0.2, -0.15) is 0 Å². The van der Waals surface area contributed by atoms with Gasteiger partial charge in [-0.15, -0.1) is 0 Å². The lowest BCUT2D eigenvalue weighted by molar-refractivity contribution is -0.144. The Bertz CT molecular complexity index is 593. The Morgan fingerprint density at radius 3 is 2.52 bits per heavy atom. The smallest absolute Gasteiger partial charge is 0.306 e. The highest BCUT2D eigenvalue weighted by Crippen LogP contribution is 2.12. The minimum Gasteiger partial charge on any atom is -0.497 e. The Kier molecular flexibility index (Phi) is 5.32. The molecule has 0 spiro atoms. The maximum Gasteiger partial charge on any atom is 0.306 e. The first-order chi connectivity index (χ1) is 10.2.